The normalized spacial score (nSPS) is 13.6. The van der Waals surface area contributed by atoms with Crippen molar-refractivity contribution in [2.75, 3.05) is 0 Å². The Hall–Kier alpha value is -1.02. The summed E-state index contributed by atoms with van der Waals surface area (Å²) in [5.41, 5.74) is 2.75. The molecule has 1 rings (SSSR count). The zero-order valence-corrected chi connectivity index (χ0v) is 11.8. The monoisotopic (exact) mass is 236 g/mol. The summed E-state index contributed by atoms with van der Waals surface area (Å²) in [7, 11) is 0. The van der Waals surface area contributed by atoms with Crippen molar-refractivity contribution >= 4 is 0 Å². The number of benzene rings is 1. The molecule has 1 unspecified atom stereocenters. The minimum Gasteiger partial charge on any atom is -0.487 e. The molecule has 0 bridgehead atoms. The van der Waals surface area contributed by atoms with E-state index in [0.29, 0.717) is 0 Å². The van der Waals surface area contributed by atoms with Crippen LogP contribution in [0.5, 0.6) is 5.75 Å². The summed E-state index contributed by atoms with van der Waals surface area (Å²) in [5.74, 6) is 0.886. The van der Waals surface area contributed by atoms with Gasteiger partial charge in [0.05, 0.1) is 5.60 Å². The van der Waals surface area contributed by atoms with E-state index in [1.807, 2.05) is 13.0 Å². The van der Waals surface area contributed by atoms with Crippen LogP contribution < -0.4 is 4.74 Å². The van der Waals surface area contributed by atoms with Crippen LogP contribution in [-0.4, -0.2) is 16.8 Å². The third-order valence-corrected chi connectivity index (χ3v) is 3.19. The summed E-state index contributed by atoms with van der Waals surface area (Å²) >= 11 is 0. The van der Waals surface area contributed by atoms with Crippen LogP contribution in [0.15, 0.2) is 12.1 Å². The Labute approximate surface area is 105 Å². The second kappa shape index (κ2) is 5.09. The van der Waals surface area contributed by atoms with Gasteiger partial charge < -0.3 is 9.84 Å². The average Bonchev–Trinajstić information content (AvgIpc) is 2.19. The smallest absolute Gasteiger partial charge is 0.126 e. The molecule has 17 heavy (non-hydrogen) atoms. The van der Waals surface area contributed by atoms with Crippen LogP contribution in [0.4, 0.5) is 0 Å². The van der Waals surface area contributed by atoms with Crippen LogP contribution in [0, 0.1) is 20.8 Å². The molecule has 0 aliphatic rings. The van der Waals surface area contributed by atoms with Crippen LogP contribution in [0.2, 0.25) is 0 Å². The summed E-state index contributed by atoms with van der Waals surface area (Å²) in [6.45, 7) is 11.8. The molecular weight excluding hydrogens is 212 g/mol. The molecule has 0 radical (unpaired) electrons. The van der Waals surface area contributed by atoms with E-state index in [-0.39, 0.29) is 6.10 Å². The summed E-state index contributed by atoms with van der Waals surface area (Å²) in [6, 6.07) is 4.18. The van der Waals surface area contributed by atoms with E-state index in [1.54, 1.807) is 13.8 Å². The van der Waals surface area contributed by atoms with E-state index < -0.39 is 5.60 Å². The van der Waals surface area contributed by atoms with Crippen molar-refractivity contribution in [2.24, 2.45) is 0 Å². The number of hydrogen-bond acceptors (Lipinski definition) is 2. The zero-order valence-electron chi connectivity index (χ0n) is 11.8. The van der Waals surface area contributed by atoms with Crippen molar-refractivity contribution in [1.29, 1.82) is 0 Å². The van der Waals surface area contributed by atoms with Gasteiger partial charge in [-0.3, -0.25) is 0 Å². The molecule has 96 valence electrons. The molecule has 1 N–H and O–H groups in total. The van der Waals surface area contributed by atoms with Gasteiger partial charge in [-0.15, -0.1) is 0 Å². The van der Waals surface area contributed by atoms with Crippen LogP contribution in [0.3, 0.4) is 0 Å². The Balaban J connectivity index is 3.02. The first-order valence-electron chi connectivity index (χ1n) is 6.22. The van der Waals surface area contributed by atoms with Gasteiger partial charge in [0.15, 0.2) is 0 Å². The van der Waals surface area contributed by atoms with Gasteiger partial charge in [0, 0.05) is 0 Å². The topological polar surface area (TPSA) is 29.5 Å². The highest BCUT2D eigenvalue weighted by Gasteiger charge is 2.27. The maximum absolute atomic E-state index is 10.0. The second-order valence-corrected chi connectivity index (χ2v) is 5.37. The molecule has 1 atom stereocenters. The number of aryl methyl sites for hydroxylation is 2. The molecule has 2 heteroatoms. The van der Waals surface area contributed by atoms with Crippen molar-refractivity contribution in [3.8, 4) is 5.75 Å². The van der Waals surface area contributed by atoms with Gasteiger partial charge >= 0.3 is 0 Å². The standard InChI is InChI=1S/C15H24O2/c1-7-14(15(5,6)16)17-13-9-10(2)8-11(3)12(13)4/h8-9,14,16H,7H2,1-6H3. The highest BCUT2D eigenvalue weighted by molar-refractivity contribution is 5.42. The van der Waals surface area contributed by atoms with Crippen LogP contribution in [-0.2, 0) is 0 Å². The molecule has 2 nitrogen and oxygen atoms in total. The predicted octanol–water partition coefficient (Wildman–Crippen LogP) is 3.54. The van der Waals surface area contributed by atoms with E-state index in [2.05, 4.69) is 26.8 Å². The van der Waals surface area contributed by atoms with Gasteiger partial charge in [-0.05, 0) is 63.8 Å². The molecule has 0 spiro atoms. The van der Waals surface area contributed by atoms with E-state index in [1.165, 1.54) is 11.1 Å². The van der Waals surface area contributed by atoms with Gasteiger partial charge in [0.2, 0.25) is 0 Å². The molecule has 0 aromatic heterocycles. The molecule has 0 aliphatic heterocycles. The largest absolute Gasteiger partial charge is 0.487 e. The summed E-state index contributed by atoms with van der Waals surface area (Å²) < 4.78 is 5.97. The van der Waals surface area contributed by atoms with Crippen LogP contribution >= 0.6 is 0 Å². The highest BCUT2D eigenvalue weighted by Crippen LogP contribution is 2.27. The molecule has 0 saturated carbocycles. The summed E-state index contributed by atoms with van der Waals surface area (Å²) in [6.07, 6.45) is 0.609. The number of hydrogen-bond donors (Lipinski definition) is 1. The maximum Gasteiger partial charge on any atom is 0.126 e. The first kappa shape index (κ1) is 14.0. The Kier molecular flexibility index (Phi) is 4.21. The Morgan fingerprint density at radius 2 is 1.82 bits per heavy atom. The molecule has 1 aromatic carbocycles. The molecule has 0 aliphatic carbocycles. The second-order valence-electron chi connectivity index (χ2n) is 5.37. The number of rotatable bonds is 4. The SMILES string of the molecule is CCC(Oc1cc(C)cc(C)c1C)C(C)(C)O. The van der Waals surface area contributed by atoms with Gasteiger partial charge in [-0.1, -0.05) is 13.0 Å². The van der Waals surface area contributed by atoms with Crippen LogP contribution in [0.1, 0.15) is 43.9 Å². The van der Waals surface area contributed by atoms with Crippen LogP contribution in [0.25, 0.3) is 0 Å². The van der Waals surface area contributed by atoms with Crippen molar-refractivity contribution in [3.63, 3.8) is 0 Å². The Morgan fingerprint density at radius 1 is 1.24 bits per heavy atom. The fourth-order valence-electron chi connectivity index (χ4n) is 2.00. The minimum atomic E-state index is -0.821. The number of aliphatic hydroxyl groups is 1. The van der Waals surface area contributed by atoms with Gasteiger partial charge in [-0.2, -0.15) is 0 Å². The van der Waals surface area contributed by atoms with Crippen molar-refractivity contribution in [1.82, 2.24) is 0 Å². The Morgan fingerprint density at radius 3 is 2.29 bits per heavy atom. The third kappa shape index (κ3) is 3.47. The van der Waals surface area contributed by atoms with Gasteiger partial charge in [0.25, 0.3) is 0 Å². The summed E-state index contributed by atoms with van der Waals surface area (Å²) in [4.78, 5) is 0. The molecule has 0 heterocycles. The molecule has 0 fully saturated rings. The Bertz CT molecular complexity index is 389. The highest BCUT2D eigenvalue weighted by atomic mass is 16.5. The first-order valence-corrected chi connectivity index (χ1v) is 6.22. The van der Waals surface area contributed by atoms with Gasteiger partial charge in [-0.25, -0.2) is 0 Å². The molecule has 1 aromatic rings. The van der Waals surface area contributed by atoms with E-state index in [4.69, 9.17) is 4.74 Å². The predicted molar refractivity (Wildman–Crippen MR) is 71.7 cm³/mol. The fraction of sp³-hybridized carbons (Fsp3) is 0.600. The number of ether oxygens (including phenoxy) is 1. The zero-order chi connectivity index (χ0) is 13.2. The lowest BCUT2D eigenvalue weighted by atomic mass is 9.99. The van der Waals surface area contributed by atoms with Gasteiger partial charge in [0.1, 0.15) is 11.9 Å². The van der Waals surface area contributed by atoms with Crippen molar-refractivity contribution < 1.29 is 9.84 Å². The molecular formula is C15H24O2. The summed E-state index contributed by atoms with van der Waals surface area (Å²) in [5, 5.41) is 10.0. The molecule has 0 amide bonds. The van der Waals surface area contributed by atoms with E-state index in [0.717, 1.165) is 17.7 Å². The lowest BCUT2D eigenvalue weighted by molar-refractivity contribution is -0.0353. The third-order valence-electron chi connectivity index (χ3n) is 3.19. The maximum atomic E-state index is 10.0. The lowest BCUT2D eigenvalue weighted by Gasteiger charge is -2.30. The van der Waals surface area contributed by atoms with E-state index in [9.17, 15) is 5.11 Å². The molecule has 0 saturated heterocycles. The minimum absolute atomic E-state index is 0.178. The average molecular weight is 236 g/mol. The first-order chi connectivity index (χ1) is 7.75. The quantitative estimate of drug-likeness (QED) is 0.866. The van der Waals surface area contributed by atoms with Crippen molar-refractivity contribution in [2.45, 2.75) is 59.7 Å². The lowest BCUT2D eigenvalue weighted by Crippen LogP contribution is -2.40. The van der Waals surface area contributed by atoms with Crippen molar-refractivity contribution in [3.05, 3.63) is 28.8 Å². The van der Waals surface area contributed by atoms with E-state index >= 15 is 0 Å². The fourth-order valence-corrected chi connectivity index (χ4v) is 2.00.